The lowest BCUT2D eigenvalue weighted by atomic mass is 9.79. The van der Waals surface area contributed by atoms with Crippen LogP contribution in [0, 0.1) is 10.8 Å². The van der Waals surface area contributed by atoms with Crippen molar-refractivity contribution in [1.29, 1.82) is 0 Å². The Labute approximate surface area is 148 Å². The predicted octanol–water partition coefficient (Wildman–Crippen LogP) is 4.58. The van der Waals surface area contributed by atoms with E-state index in [0.29, 0.717) is 0 Å². The van der Waals surface area contributed by atoms with Gasteiger partial charge in [0.15, 0.2) is 23.8 Å². The van der Waals surface area contributed by atoms with Crippen molar-refractivity contribution in [2.75, 3.05) is 0 Å². The molecule has 0 heterocycles. The maximum absolute atomic E-state index is 13.0. The summed E-state index contributed by atoms with van der Waals surface area (Å²) < 4.78 is 12.1. The average Bonchev–Trinajstić information content (AvgIpc) is 2.26. The number of Topliss-reactive ketones (excluding diaryl/α,β-unsaturated/α-hetero) is 2. The van der Waals surface area contributed by atoms with Crippen LogP contribution in [0.15, 0.2) is 0 Å². The average molecular weight is 343 g/mol. The van der Waals surface area contributed by atoms with Crippen molar-refractivity contribution in [3.8, 4) is 0 Å². The van der Waals surface area contributed by atoms with E-state index in [-0.39, 0.29) is 11.6 Å². The summed E-state index contributed by atoms with van der Waals surface area (Å²) in [5.41, 5.74) is -2.40. The topological polar surface area (TPSA) is 52.6 Å². The van der Waals surface area contributed by atoms with Gasteiger partial charge in [0.25, 0.3) is 0 Å². The van der Waals surface area contributed by atoms with E-state index in [1.807, 2.05) is 83.1 Å². The molecule has 0 aromatic heterocycles. The predicted molar refractivity (Wildman–Crippen MR) is 98.2 cm³/mol. The minimum Gasteiger partial charge on any atom is -0.362 e. The van der Waals surface area contributed by atoms with Gasteiger partial charge >= 0.3 is 0 Å². The first-order valence-electron chi connectivity index (χ1n) is 8.70. The highest BCUT2D eigenvalue weighted by molar-refractivity contribution is 5.97. The second-order valence-electron chi connectivity index (χ2n) is 10.5. The molecule has 2 atom stereocenters. The molecule has 0 aliphatic carbocycles. The van der Waals surface area contributed by atoms with E-state index in [1.54, 1.807) is 0 Å². The molecule has 0 aromatic rings. The molecule has 0 rings (SSSR count). The van der Waals surface area contributed by atoms with E-state index >= 15 is 0 Å². The van der Waals surface area contributed by atoms with Crippen molar-refractivity contribution in [3.05, 3.63) is 0 Å². The fourth-order valence-corrected chi connectivity index (χ4v) is 2.12. The summed E-state index contributed by atoms with van der Waals surface area (Å²) >= 11 is 0. The number of hydrogen-bond acceptors (Lipinski definition) is 4. The van der Waals surface area contributed by atoms with Gasteiger partial charge < -0.3 is 9.47 Å². The van der Waals surface area contributed by atoms with Gasteiger partial charge in [-0.2, -0.15) is 0 Å². The van der Waals surface area contributed by atoms with Crippen LogP contribution in [-0.4, -0.2) is 35.0 Å². The Morgan fingerprint density at radius 2 is 0.750 bits per heavy atom. The quantitative estimate of drug-likeness (QED) is 0.733. The van der Waals surface area contributed by atoms with E-state index in [4.69, 9.17) is 9.47 Å². The van der Waals surface area contributed by atoms with E-state index in [1.165, 1.54) is 0 Å². The maximum atomic E-state index is 13.0. The van der Waals surface area contributed by atoms with E-state index < -0.39 is 34.2 Å². The van der Waals surface area contributed by atoms with Crippen LogP contribution in [0.3, 0.4) is 0 Å². The zero-order valence-electron chi connectivity index (χ0n) is 17.8. The summed E-state index contributed by atoms with van der Waals surface area (Å²) in [5.74, 6) is -0.242. The van der Waals surface area contributed by atoms with Gasteiger partial charge in [0.05, 0.1) is 11.2 Å². The van der Waals surface area contributed by atoms with Crippen LogP contribution in [0.2, 0.25) is 0 Å². The zero-order chi connectivity index (χ0) is 19.7. The molecule has 0 spiro atoms. The highest BCUT2D eigenvalue weighted by Crippen LogP contribution is 2.31. The second-order valence-corrected chi connectivity index (χ2v) is 10.5. The van der Waals surface area contributed by atoms with Crippen molar-refractivity contribution in [1.82, 2.24) is 0 Å². The Bertz CT molecular complexity index is 406. The van der Waals surface area contributed by atoms with Gasteiger partial charge in [0.2, 0.25) is 0 Å². The lowest BCUT2D eigenvalue weighted by Crippen LogP contribution is -2.54. The molecule has 0 radical (unpaired) electrons. The van der Waals surface area contributed by atoms with Gasteiger partial charge in [-0.25, -0.2) is 0 Å². The summed E-state index contributed by atoms with van der Waals surface area (Å²) in [4.78, 5) is 26.1. The molecule has 0 amide bonds. The minimum atomic E-state index is -0.934. The summed E-state index contributed by atoms with van der Waals surface area (Å²) in [7, 11) is 0. The summed E-state index contributed by atoms with van der Waals surface area (Å²) in [6.07, 6.45) is -1.87. The molecule has 0 saturated carbocycles. The Morgan fingerprint density at radius 1 is 0.542 bits per heavy atom. The lowest BCUT2D eigenvalue weighted by Gasteiger charge is -2.39. The molecule has 0 aromatic carbocycles. The van der Waals surface area contributed by atoms with Crippen LogP contribution in [0.5, 0.6) is 0 Å². The van der Waals surface area contributed by atoms with Crippen LogP contribution in [0.25, 0.3) is 0 Å². The van der Waals surface area contributed by atoms with Crippen LogP contribution in [0.4, 0.5) is 0 Å². The maximum Gasteiger partial charge on any atom is 0.170 e. The third kappa shape index (κ3) is 7.89. The fraction of sp³-hybridized carbons (Fsp3) is 0.900. The highest BCUT2D eigenvalue weighted by Gasteiger charge is 2.46. The van der Waals surface area contributed by atoms with Gasteiger partial charge in [0, 0.05) is 10.8 Å². The number of ketones is 2. The number of hydrogen-bond donors (Lipinski definition) is 0. The third-order valence-corrected chi connectivity index (χ3v) is 3.23. The molecule has 4 nitrogen and oxygen atoms in total. The number of carbonyl (C=O) groups is 2. The van der Waals surface area contributed by atoms with Gasteiger partial charge in [-0.05, 0) is 41.5 Å². The molecule has 0 N–H and O–H groups in total. The minimum absolute atomic E-state index is 0.121. The van der Waals surface area contributed by atoms with Crippen molar-refractivity contribution in [2.45, 2.75) is 106 Å². The molecule has 0 bridgehead atoms. The van der Waals surface area contributed by atoms with Gasteiger partial charge in [-0.3, -0.25) is 9.59 Å². The number of carbonyl (C=O) groups excluding carboxylic acids is 2. The monoisotopic (exact) mass is 342 g/mol. The molecule has 4 heteroatoms. The largest absolute Gasteiger partial charge is 0.362 e. The normalized spacial score (nSPS) is 16.7. The molecule has 0 aliphatic rings. The first-order valence-corrected chi connectivity index (χ1v) is 8.70. The molecular formula is C20H38O4. The van der Waals surface area contributed by atoms with Crippen molar-refractivity contribution >= 4 is 11.6 Å². The zero-order valence-corrected chi connectivity index (χ0v) is 17.8. The number of ether oxygens (including phenoxy) is 2. The SMILES string of the molecule is CC(C)(C)OC(C(=O)C(C)(C)C)C(OC(C)(C)C)C(=O)C(C)(C)C. The van der Waals surface area contributed by atoms with Gasteiger partial charge in [-0.15, -0.1) is 0 Å². The van der Waals surface area contributed by atoms with Crippen molar-refractivity contribution in [2.24, 2.45) is 10.8 Å². The van der Waals surface area contributed by atoms with E-state index in [2.05, 4.69) is 0 Å². The van der Waals surface area contributed by atoms with Crippen LogP contribution < -0.4 is 0 Å². The standard InChI is InChI=1S/C20H38O4/c1-17(2,3)15(21)13(23-19(7,8)9)14(24-20(10,11)12)16(22)18(4,5)6/h13-14H,1-12H3. The molecule has 24 heavy (non-hydrogen) atoms. The van der Waals surface area contributed by atoms with Crippen molar-refractivity contribution in [3.63, 3.8) is 0 Å². The van der Waals surface area contributed by atoms with Crippen LogP contribution in [-0.2, 0) is 19.1 Å². The fourth-order valence-electron chi connectivity index (χ4n) is 2.12. The second kappa shape index (κ2) is 7.25. The third-order valence-electron chi connectivity index (χ3n) is 3.23. The first-order chi connectivity index (χ1) is 10.3. The van der Waals surface area contributed by atoms with Crippen molar-refractivity contribution < 1.29 is 19.1 Å². The van der Waals surface area contributed by atoms with Gasteiger partial charge in [-0.1, -0.05) is 41.5 Å². The smallest absolute Gasteiger partial charge is 0.170 e. The van der Waals surface area contributed by atoms with Crippen LogP contribution in [0.1, 0.15) is 83.1 Å². The summed E-state index contributed by atoms with van der Waals surface area (Å²) in [5, 5.41) is 0. The molecular weight excluding hydrogens is 304 g/mol. The van der Waals surface area contributed by atoms with Crippen LogP contribution >= 0.6 is 0 Å². The summed E-state index contributed by atoms with van der Waals surface area (Å²) in [6, 6.07) is 0. The molecule has 0 saturated heterocycles. The Balaban J connectivity index is 6.06. The molecule has 142 valence electrons. The van der Waals surface area contributed by atoms with E-state index in [0.717, 1.165) is 0 Å². The Kier molecular flexibility index (Phi) is 7.02. The Morgan fingerprint density at radius 3 is 0.875 bits per heavy atom. The van der Waals surface area contributed by atoms with Gasteiger partial charge in [0.1, 0.15) is 0 Å². The first kappa shape index (κ1) is 23.3. The Hall–Kier alpha value is -0.740. The van der Waals surface area contributed by atoms with E-state index in [9.17, 15) is 9.59 Å². The molecule has 2 unspecified atom stereocenters. The highest BCUT2D eigenvalue weighted by atomic mass is 16.6. The molecule has 0 fully saturated rings. The lowest BCUT2D eigenvalue weighted by molar-refractivity contribution is -0.188. The molecule has 0 aliphatic heterocycles. The number of rotatable bonds is 5. The summed E-state index contributed by atoms with van der Waals surface area (Å²) in [6.45, 7) is 22.3.